The summed E-state index contributed by atoms with van der Waals surface area (Å²) in [5, 5.41) is 7.62. The molecule has 1 aromatic carbocycles. The van der Waals surface area contributed by atoms with Gasteiger partial charge in [0.05, 0.1) is 5.56 Å². The van der Waals surface area contributed by atoms with Crippen molar-refractivity contribution < 1.29 is 14.0 Å². The minimum atomic E-state index is -0.584. The van der Waals surface area contributed by atoms with Gasteiger partial charge in [-0.15, -0.1) is 11.3 Å². The normalized spacial score (nSPS) is 12.8. The van der Waals surface area contributed by atoms with Crippen LogP contribution in [0.3, 0.4) is 0 Å². The summed E-state index contributed by atoms with van der Waals surface area (Å²) in [7, 11) is 0. The van der Waals surface area contributed by atoms with Gasteiger partial charge < -0.3 is 11.1 Å². The SMILES string of the molecule is Cc1sc(NC(=O)c2nn(-c3ccccc3F)c3c2CCC3)c(C(N)=O)c1C. The number of thiophene rings is 1. The third-order valence-electron chi connectivity index (χ3n) is 5.08. The van der Waals surface area contributed by atoms with E-state index in [-0.39, 0.29) is 5.69 Å². The number of fused-ring (bicyclic) bond motifs is 1. The smallest absolute Gasteiger partial charge is 0.277 e. The fourth-order valence-corrected chi connectivity index (χ4v) is 4.68. The number of benzene rings is 1. The largest absolute Gasteiger partial charge is 0.365 e. The van der Waals surface area contributed by atoms with Crippen LogP contribution in [-0.2, 0) is 12.8 Å². The molecule has 0 fully saturated rings. The van der Waals surface area contributed by atoms with Crippen LogP contribution in [0.5, 0.6) is 0 Å². The van der Waals surface area contributed by atoms with E-state index in [9.17, 15) is 14.0 Å². The van der Waals surface area contributed by atoms with Crippen molar-refractivity contribution in [3.63, 3.8) is 0 Å². The van der Waals surface area contributed by atoms with E-state index in [0.29, 0.717) is 22.7 Å². The van der Waals surface area contributed by atoms with Crippen LogP contribution >= 0.6 is 11.3 Å². The topological polar surface area (TPSA) is 90.0 Å². The van der Waals surface area contributed by atoms with Crippen molar-refractivity contribution in [2.24, 2.45) is 5.73 Å². The molecule has 0 unspecified atom stereocenters. The van der Waals surface area contributed by atoms with E-state index in [0.717, 1.165) is 34.5 Å². The Bertz CT molecular complexity index is 1120. The van der Waals surface area contributed by atoms with Crippen LogP contribution in [-0.4, -0.2) is 21.6 Å². The number of aromatic nitrogens is 2. The number of carbonyl (C=O) groups excluding carboxylic acids is 2. The Morgan fingerprint density at radius 2 is 2.00 bits per heavy atom. The van der Waals surface area contributed by atoms with E-state index in [4.69, 9.17) is 5.73 Å². The summed E-state index contributed by atoms with van der Waals surface area (Å²) in [4.78, 5) is 25.7. The van der Waals surface area contributed by atoms with Crippen molar-refractivity contribution in [2.75, 3.05) is 5.32 Å². The molecule has 8 heteroatoms. The van der Waals surface area contributed by atoms with Gasteiger partial charge in [0.25, 0.3) is 11.8 Å². The molecule has 2 heterocycles. The number of hydrogen-bond donors (Lipinski definition) is 2. The molecule has 3 N–H and O–H groups in total. The summed E-state index contributed by atoms with van der Waals surface area (Å²) >= 11 is 1.30. The highest BCUT2D eigenvalue weighted by molar-refractivity contribution is 7.16. The number of amides is 2. The molecule has 3 aromatic rings. The number of rotatable bonds is 4. The lowest BCUT2D eigenvalue weighted by atomic mass is 10.1. The predicted octanol–water partition coefficient (Wildman–Crippen LogP) is 3.53. The van der Waals surface area contributed by atoms with Crippen LogP contribution in [0.15, 0.2) is 24.3 Å². The maximum Gasteiger partial charge on any atom is 0.277 e. The summed E-state index contributed by atoms with van der Waals surface area (Å²) in [5.74, 6) is -1.40. The van der Waals surface area contributed by atoms with Crippen LogP contribution in [0.4, 0.5) is 9.39 Å². The molecule has 0 aliphatic heterocycles. The zero-order chi connectivity index (χ0) is 20.0. The molecule has 4 rings (SSSR count). The quantitative estimate of drug-likeness (QED) is 0.704. The van der Waals surface area contributed by atoms with Crippen LogP contribution in [0, 0.1) is 19.7 Å². The number of carbonyl (C=O) groups is 2. The summed E-state index contributed by atoms with van der Waals surface area (Å²) in [5.41, 5.74) is 8.82. The summed E-state index contributed by atoms with van der Waals surface area (Å²) in [6.07, 6.45) is 2.32. The molecule has 0 saturated carbocycles. The summed E-state index contributed by atoms with van der Waals surface area (Å²) in [6.45, 7) is 3.67. The van der Waals surface area contributed by atoms with Gasteiger partial charge in [-0.3, -0.25) is 9.59 Å². The van der Waals surface area contributed by atoms with Crippen molar-refractivity contribution in [1.82, 2.24) is 9.78 Å². The highest BCUT2D eigenvalue weighted by Gasteiger charge is 2.29. The molecule has 0 radical (unpaired) electrons. The first-order chi connectivity index (χ1) is 13.4. The van der Waals surface area contributed by atoms with Gasteiger partial charge >= 0.3 is 0 Å². The van der Waals surface area contributed by atoms with E-state index in [1.807, 2.05) is 6.92 Å². The molecule has 2 amide bonds. The highest BCUT2D eigenvalue weighted by Crippen LogP contribution is 2.34. The lowest BCUT2D eigenvalue weighted by molar-refractivity contribution is 0.100. The van der Waals surface area contributed by atoms with E-state index in [2.05, 4.69) is 10.4 Å². The van der Waals surface area contributed by atoms with Crippen molar-refractivity contribution in [3.05, 3.63) is 63.0 Å². The minimum Gasteiger partial charge on any atom is -0.365 e. The van der Waals surface area contributed by atoms with Gasteiger partial charge in [-0.25, -0.2) is 9.07 Å². The second-order valence-electron chi connectivity index (χ2n) is 6.80. The molecule has 1 aliphatic carbocycles. The second kappa shape index (κ2) is 6.87. The van der Waals surface area contributed by atoms with E-state index in [1.165, 1.54) is 22.1 Å². The first-order valence-electron chi connectivity index (χ1n) is 8.95. The Labute approximate surface area is 165 Å². The van der Waals surface area contributed by atoms with E-state index in [1.54, 1.807) is 25.1 Å². The maximum atomic E-state index is 14.3. The number of aryl methyl sites for hydroxylation is 1. The first kappa shape index (κ1) is 18.4. The van der Waals surface area contributed by atoms with Crippen molar-refractivity contribution in [2.45, 2.75) is 33.1 Å². The molecule has 2 aromatic heterocycles. The molecule has 0 bridgehead atoms. The first-order valence-corrected chi connectivity index (χ1v) is 9.77. The van der Waals surface area contributed by atoms with Gasteiger partial charge in [0.2, 0.25) is 0 Å². The van der Waals surface area contributed by atoms with E-state index >= 15 is 0 Å². The third kappa shape index (κ3) is 2.90. The number of para-hydroxylation sites is 1. The highest BCUT2D eigenvalue weighted by atomic mass is 32.1. The van der Waals surface area contributed by atoms with E-state index < -0.39 is 17.6 Å². The zero-order valence-electron chi connectivity index (χ0n) is 15.5. The van der Waals surface area contributed by atoms with Gasteiger partial charge in [-0.1, -0.05) is 12.1 Å². The Balaban J connectivity index is 1.74. The lowest BCUT2D eigenvalue weighted by Gasteiger charge is -2.06. The Morgan fingerprint density at radius 3 is 2.71 bits per heavy atom. The van der Waals surface area contributed by atoms with Crippen LogP contribution in [0.1, 0.15) is 49.0 Å². The van der Waals surface area contributed by atoms with Crippen LogP contribution < -0.4 is 11.1 Å². The monoisotopic (exact) mass is 398 g/mol. The average molecular weight is 398 g/mol. The summed E-state index contributed by atoms with van der Waals surface area (Å²) in [6, 6.07) is 6.36. The van der Waals surface area contributed by atoms with Crippen LogP contribution in [0.25, 0.3) is 5.69 Å². The molecular formula is C20H19FN4O2S. The summed E-state index contributed by atoms with van der Waals surface area (Å²) < 4.78 is 15.8. The third-order valence-corrected chi connectivity index (χ3v) is 6.21. The molecular weight excluding hydrogens is 379 g/mol. The Hall–Kier alpha value is -3.00. The number of anilines is 1. The number of nitrogens with two attached hydrogens (primary N) is 1. The van der Waals surface area contributed by atoms with Crippen molar-refractivity contribution in [3.8, 4) is 5.69 Å². The number of nitrogens with zero attached hydrogens (tertiary/aromatic N) is 2. The molecule has 0 spiro atoms. The maximum absolute atomic E-state index is 14.3. The minimum absolute atomic E-state index is 0.259. The number of primary amides is 1. The lowest BCUT2D eigenvalue weighted by Crippen LogP contribution is -2.18. The predicted molar refractivity (Wildman–Crippen MR) is 106 cm³/mol. The fraction of sp³-hybridized carbons (Fsp3) is 0.250. The zero-order valence-corrected chi connectivity index (χ0v) is 16.3. The molecule has 1 aliphatic rings. The Kier molecular flexibility index (Phi) is 4.50. The van der Waals surface area contributed by atoms with Gasteiger partial charge in [0.15, 0.2) is 5.69 Å². The molecule has 144 valence electrons. The number of halogens is 1. The van der Waals surface area contributed by atoms with Crippen molar-refractivity contribution in [1.29, 1.82) is 0 Å². The molecule has 0 atom stereocenters. The average Bonchev–Trinajstić information content (AvgIpc) is 3.30. The molecule has 6 nitrogen and oxygen atoms in total. The van der Waals surface area contributed by atoms with Crippen LogP contribution in [0.2, 0.25) is 0 Å². The van der Waals surface area contributed by atoms with Crippen molar-refractivity contribution >= 4 is 28.2 Å². The van der Waals surface area contributed by atoms with Gasteiger partial charge in [-0.2, -0.15) is 5.10 Å². The Morgan fingerprint density at radius 1 is 1.25 bits per heavy atom. The number of hydrogen-bond acceptors (Lipinski definition) is 4. The van der Waals surface area contributed by atoms with Gasteiger partial charge in [-0.05, 0) is 50.8 Å². The second-order valence-corrected chi connectivity index (χ2v) is 8.02. The molecule has 28 heavy (non-hydrogen) atoms. The number of nitrogens with one attached hydrogen (secondary N) is 1. The standard InChI is InChI=1S/C20H19FN4O2S/c1-10-11(2)28-20(16(10)18(22)26)23-19(27)17-12-6-5-9-14(12)25(24-17)15-8-4-3-7-13(15)21/h3-4,7-8H,5-6,9H2,1-2H3,(H2,22,26)(H,23,27). The van der Waals surface area contributed by atoms with Gasteiger partial charge in [0, 0.05) is 16.1 Å². The fourth-order valence-electron chi connectivity index (χ4n) is 3.62. The van der Waals surface area contributed by atoms with Gasteiger partial charge in [0.1, 0.15) is 16.5 Å². The molecule has 0 saturated heterocycles.